The Morgan fingerprint density at radius 3 is 2.56 bits per heavy atom. The molecule has 1 fully saturated rings. The quantitative estimate of drug-likeness (QED) is 0.400. The van der Waals surface area contributed by atoms with E-state index in [4.69, 9.17) is 0 Å². The smallest absolute Gasteiger partial charge is 0.242 e. The lowest BCUT2D eigenvalue weighted by molar-refractivity contribution is -0.145. The lowest BCUT2D eigenvalue weighted by atomic mass is 9.96. The van der Waals surface area contributed by atoms with Crippen molar-refractivity contribution in [3.63, 3.8) is 0 Å². The van der Waals surface area contributed by atoms with Crippen LogP contribution >= 0.6 is 24.0 Å². The monoisotopic (exact) mass is 488 g/mol. The molecule has 0 aromatic carbocycles. The molecule has 1 aromatic heterocycles. The summed E-state index contributed by atoms with van der Waals surface area (Å²) in [4.78, 5) is 27.6. The van der Waals surface area contributed by atoms with Gasteiger partial charge in [-0.2, -0.15) is 0 Å². The summed E-state index contributed by atoms with van der Waals surface area (Å²) >= 11 is 0. The van der Waals surface area contributed by atoms with E-state index in [1.54, 1.807) is 7.05 Å². The van der Waals surface area contributed by atoms with Gasteiger partial charge >= 0.3 is 0 Å². The van der Waals surface area contributed by atoms with Gasteiger partial charge in [-0.3, -0.25) is 9.79 Å². The van der Waals surface area contributed by atoms with Crippen LogP contribution in [0.25, 0.3) is 0 Å². The zero-order valence-electron chi connectivity index (χ0n) is 17.5. The lowest BCUT2D eigenvalue weighted by Gasteiger charge is -2.49. The Morgan fingerprint density at radius 1 is 1.37 bits per heavy atom. The third kappa shape index (κ3) is 5.70. The maximum atomic E-state index is 12.7. The van der Waals surface area contributed by atoms with Gasteiger partial charge in [0, 0.05) is 33.7 Å². The van der Waals surface area contributed by atoms with Crippen LogP contribution in [0, 0.1) is 0 Å². The van der Waals surface area contributed by atoms with Crippen molar-refractivity contribution >= 4 is 41.7 Å². The molecule has 0 unspecified atom stereocenters. The fourth-order valence-electron chi connectivity index (χ4n) is 3.63. The highest BCUT2D eigenvalue weighted by Gasteiger charge is 2.40. The lowest BCUT2D eigenvalue weighted by Crippen LogP contribution is -2.66. The van der Waals surface area contributed by atoms with E-state index >= 15 is 0 Å². The molecule has 0 radical (unpaired) electrons. The van der Waals surface area contributed by atoms with Crippen LogP contribution in [-0.4, -0.2) is 72.5 Å². The number of pyridine rings is 1. The Labute approximate surface area is 180 Å². The average Bonchev–Trinajstić information content (AvgIpc) is 2.53. The Hall–Kier alpha value is -1.58. The van der Waals surface area contributed by atoms with Crippen molar-refractivity contribution in [2.24, 2.45) is 4.99 Å². The van der Waals surface area contributed by atoms with E-state index in [0.717, 1.165) is 24.0 Å². The van der Waals surface area contributed by atoms with Crippen molar-refractivity contribution < 1.29 is 4.79 Å². The molecule has 0 aliphatic carbocycles. The summed E-state index contributed by atoms with van der Waals surface area (Å²) in [6.45, 7) is 9.97. The van der Waals surface area contributed by atoms with Gasteiger partial charge in [0.1, 0.15) is 5.82 Å². The Bertz CT molecular complexity index is 674. The summed E-state index contributed by atoms with van der Waals surface area (Å²) < 4.78 is 0. The topological polar surface area (TPSA) is 64.1 Å². The van der Waals surface area contributed by atoms with Crippen molar-refractivity contribution in [1.29, 1.82) is 0 Å². The van der Waals surface area contributed by atoms with E-state index in [2.05, 4.69) is 43.0 Å². The first-order valence-electron chi connectivity index (χ1n) is 9.06. The number of aromatic nitrogens is 1. The first-order valence-corrected chi connectivity index (χ1v) is 9.06. The van der Waals surface area contributed by atoms with Crippen LogP contribution in [0.2, 0.25) is 0 Å². The molecule has 1 N–H and O–H groups in total. The highest BCUT2D eigenvalue weighted by atomic mass is 127. The van der Waals surface area contributed by atoms with E-state index in [0.29, 0.717) is 13.1 Å². The second-order valence-corrected chi connectivity index (χ2v) is 7.81. The van der Waals surface area contributed by atoms with Crippen LogP contribution in [0.1, 0.15) is 33.4 Å². The van der Waals surface area contributed by atoms with Gasteiger partial charge < -0.3 is 20.0 Å². The fourth-order valence-corrected chi connectivity index (χ4v) is 3.63. The standard InChI is InChI=1S/C19H32N6O.HI/c1-14(2)25-17(26)12-24(13-19(25,3)4)18(20-5)21-11-15-9-8-10-16(22-15)23(6)7;/h8-10,14H,11-13H2,1-7H3,(H,20,21);1H. The van der Waals surface area contributed by atoms with E-state index in [9.17, 15) is 4.79 Å². The molecular weight excluding hydrogens is 455 g/mol. The van der Waals surface area contributed by atoms with Crippen LogP contribution in [0.3, 0.4) is 0 Å². The van der Waals surface area contributed by atoms with Gasteiger partial charge in [-0.1, -0.05) is 6.07 Å². The maximum Gasteiger partial charge on any atom is 0.242 e. The van der Waals surface area contributed by atoms with Gasteiger partial charge in [-0.25, -0.2) is 4.98 Å². The number of guanidine groups is 1. The molecule has 0 spiro atoms. The predicted molar refractivity (Wildman–Crippen MR) is 122 cm³/mol. The van der Waals surface area contributed by atoms with Gasteiger partial charge in [0.2, 0.25) is 5.91 Å². The minimum atomic E-state index is -0.246. The summed E-state index contributed by atoms with van der Waals surface area (Å²) in [5.74, 6) is 1.78. The number of amides is 1. The number of carbonyl (C=O) groups excluding carboxylic acids is 1. The Kier molecular flexibility index (Phi) is 8.31. The van der Waals surface area contributed by atoms with Crippen LogP contribution in [0.15, 0.2) is 23.2 Å². The number of rotatable bonds is 4. The highest BCUT2D eigenvalue weighted by Crippen LogP contribution is 2.24. The number of hydrogen-bond donors (Lipinski definition) is 1. The van der Waals surface area contributed by atoms with Crippen LogP contribution in [0.4, 0.5) is 5.82 Å². The predicted octanol–water partition coefficient (Wildman–Crippen LogP) is 2.17. The molecule has 0 atom stereocenters. The zero-order chi connectivity index (χ0) is 19.5. The number of nitrogens with zero attached hydrogens (tertiary/aromatic N) is 5. The second-order valence-electron chi connectivity index (χ2n) is 7.81. The molecule has 0 bridgehead atoms. The second kappa shape index (κ2) is 9.57. The molecule has 2 rings (SSSR count). The number of halogens is 1. The molecule has 1 aromatic rings. The zero-order valence-corrected chi connectivity index (χ0v) is 19.8. The molecule has 1 aliphatic heterocycles. The molecule has 1 amide bonds. The largest absolute Gasteiger partial charge is 0.363 e. The van der Waals surface area contributed by atoms with Crippen LogP contribution in [0.5, 0.6) is 0 Å². The van der Waals surface area contributed by atoms with Crippen molar-refractivity contribution in [3.8, 4) is 0 Å². The van der Waals surface area contributed by atoms with Crippen LogP contribution < -0.4 is 10.2 Å². The third-order valence-corrected chi connectivity index (χ3v) is 4.53. The summed E-state index contributed by atoms with van der Waals surface area (Å²) in [6, 6.07) is 6.15. The number of aliphatic imine (C=N–C) groups is 1. The fraction of sp³-hybridized carbons (Fsp3) is 0.632. The van der Waals surface area contributed by atoms with E-state index in [-0.39, 0.29) is 41.5 Å². The van der Waals surface area contributed by atoms with Gasteiger partial charge in [0.25, 0.3) is 0 Å². The average molecular weight is 488 g/mol. The molecule has 1 aliphatic rings. The van der Waals surface area contributed by atoms with Crippen molar-refractivity contribution in [1.82, 2.24) is 20.1 Å². The van der Waals surface area contributed by atoms with E-state index in [1.807, 2.05) is 47.0 Å². The molecule has 7 nitrogen and oxygen atoms in total. The number of carbonyl (C=O) groups is 1. The van der Waals surface area contributed by atoms with Crippen molar-refractivity contribution in [2.45, 2.75) is 45.8 Å². The van der Waals surface area contributed by atoms with Crippen molar-refractivity contribution in [2.75, 3.05) is 39.1 Å². The first-order chi connectivity index (χ1) is 12.2. The molecule has 2 heterocycles. The van der Waals surface area contributed by atoms with E-state index < -0.39 is 0 Å². The Morgan fingerprint density at radius 2 is 2.04 bits per heavy atom. The number of hydrogen-bond acceptors (Lipinski definition) is 4. The number of piperazine rings is 1. The molecule has 8 heteroatoms. The normalized spacial score (nSPS) is 17.0. The van der Waals surface area contributed by atoms with Gasteiger partial charge in [-0.05, 0) is 39.8 Å². The van der Waals surface area contributed by atoms with Crippen LogP contribution in [-0.2, 0) is 11.3 Å². The summed E-state index contributed by atoms with van der Waals surface area (Å²) in [5.41, 5.74) is 0.688. The molecule has 0 saturated carbocycles. The Balaban J connectivity index is 0.00000364. The number of anilines is 1. The number of nitrogens with one attached hydrogen (secondary N) is 1. The van der Waals surface area contributed by atoms with Gasteiger partial charge in [0.15, 0.2) is 5.96 Å². The summed E-state index contributed by atoms with van der Waals surface area (Å²) in [6.07, 6.45) is 0. The molecular formula is C19H33IN6O. The van der Waals surface area contributed by atoms with E-state index in [1.165, 1.54) is 0 Å². The summed E-state index contributed by atoms with van der Waals surface area (Å²) in [5, 5.41) is 3.35. The van der Waals surface area contributed by atoms with Gasteiger partial charge in [0.05, 0.1) is 24.3 Å². The minimum Gasteiger partial charge on any atom is -0.363 e. The highest BCUT2D eigenvalue weighted by molar-refractivity contribution is 14.0. The first kappa shape index (κ1) is 23.5. The third-order valence-electron chi connectivity index (χ3n) is 4.53. The molecule has 152 valence electrons. The summed E-state index contributed by atoms with van der Waals surface area (Å²) in [7, 11) is 5.69. The minimum absolute atomic E-state index is 0. The SMILES string of the molecule is CN=C(NCc1cccc(N(C)C)n1)N1CC(=O)N(C(C)C)C(C)(C)C1.I. The van der Waals surface area contributed by atoms with Crippen molar-refractivity contribution in [3.05, 3.63) is 23.9 Å². The van der Waals surface area contributed by atoms with Gasteiger partial charge in [-0.15, -0.1) is 24.0 Å². The molecule has 27 heavy (non-hydrogen) atoms. The maximum absolute atomic E-state index is 12.7. The molecule has 1 saturated heterocycles.